The highest BCUT2D eigenvalue weighted by Crippen LogP contribution is 2.21. The number of nitrogens with one attached hydrogen (secondary N) is 2. The Hall–Kier alpha value is -3.18. The van der Waals surface area contributed by atoms with E-state index in [4.69, 9.17) is 17.0 Å². The lowest BCUT2D eigenvalue weighted by Crippen LogP contribution is -2.34. The predicted octanol–water partition coefficient (Wildman–Crippen LogP) is 5.26. The van der Waals surface area contributed by atoms with Gasteiger partial charge in [-0.05, 0) is 66.5 Å². The molecule has 148 valence electrons. The van der Waals surface area contributed by atoms with Crippen molar-refractivity contribution in [2.24, 2.45) is 0 Å². The van der Waals surface area contributed by atoms with E-state index < -0.39 is 0 Å². The van der Waals surface area contributed by atoms with Crippen molar-refractivity contribution in [1.82, 2.24) is 5.32 Å². The number of aryl methyl sites for hydroxylation is 2. The lowest BCUT2D eigenvalue weighted by Gasteiger charge is -2.15. The van der Waals surface area contributed by atoms with Crippen molar-refractivity contribution < 1.29 is 9.53 Å². The van der Waals surface area contributed by atoms with Crippen LogP contribution < -0.4 is 15.4 Å². The van der Waals surface area contributed by atoms with Gasteiger partial charge in [-0.3, -0.25) is 10.1 Å². The topological polar surface area (TPSA) is 50.4 Å². The minimum Gasteiger partial charge on any atom is -0.489 e. The van der Waals surface area contributed by atoms with Crippen molar-refractivity contribution in [2.45, 2.75) is 26.9 Å². The largest absolute Gasteiger partial charge is 0.489 e. The molecule has 0 saturated carbocycles. The summed E-state index contributed by atoms with van der Waals surface area (Å²) in [4.78, 5) is 12.5. The Bertz CT molecular complexity index is 986. The molecule has 0 spiro atoms. The van der Waals surface area contributed by atoms with E-state index in [0.29, 0.717) is 17.9 Å². The van der Waals surface area contributed by atoms with Crippen LogP contribution in [0.1, 0.15) is 34.0 Å². The summed E-state index contributed by atoms with van der Waals surface area (Å²) in [6.07, 6.45) is 0.880. The second-order valence-corrected chi connectivity index (χ2v) is 7.08. The van der Waals surface area contributed by atoms with Gasteiger partial charge in [0.25, 0.3) is 5.91 Å². The van der Waals surface area contributed by atoms with E-state index in [0.717, 1.165) is 28.8 Å². The van der Waals surface area contributed by atoms with Crippen LogP contribution >= 0.6 is 12.2 Å². The Kier molecular flexibility index (Phi) is 6.98. The number of carbonyl (C=O) groups excluding carboxylic acids is 1. The van der Waals surface area contributed by atoms with Gasteiger partial charge >= 0.3 is 0 Å². The molecule has 5 heteroatoms. The van der Waals surface area contributed by atoms with Gasteiger partial charge in [0, 0.05) is 11.3 Å². The molecular formula is C24H24N2O2S. The van der Waals surface area contributed by atoms with Gasteiger partial charge < -0.3 is 10.1 Å². The molecule has 0 bridgehead atoms. The van der Waals surface area contributed by atoms with Crippen LogP contribution in [0.3, 0.4) is 0 Å². The van der Waals surface area contributed by atoms with Gasteiger partial charge in [0.05, 0.1) is 0 Å². The molecule has 3 aromatic carbocycles. The van der Waals surface area contributed by atoms with Gasteiger partial charge in [0.15, 0.2) is 5.11 Å². The number of para-hydroxylation sites is 1. The van der Waals surface area contributed by atoms with Gasteiger partial charge in [-0.25, -0.2) is 0 Å². The van der Waals surface area contributed by atoms with Gasteiger partial charge in [0.1, 0.15) is 12.4 Å². The first-order valence-electron chi connectivity index (χ1n) is 9.54. The monoisotopic (exact) mass is 404 g/mol. The highest BCUT2D eigenvalue weighted by atomic mass is 32.1. The lowest BCUT2D eigenvalue weighted by molar-refractivity contribution is 0.0977. The van der Waals surface area contributed by atoms with Crippen LogP contribution in [-0.2, 0) is 13.0 Å². The van der Waals surface area contributed by atoms with Gasteiger partial charge in [-0.1, -0.05) is 55.5 Å². The number of anilines is 1. The van der Waals surface area contributed by atoms with Crippen LogP contribution in [0.15, 0.2) is 72.8 Å². The van der Waals surface area contributed by atoms with Gasteiger partial charge in [0.2, 0.25) is 0 Å². The van der Waals surface area contributed by atoms with E-state index in [-0.39, 0.29) is 11.0 Å². The summed E-state index contributed by atoms with van der Waals surface area (Å²) in [5.74, 6) is 0.447. The standard InChI is InChI=1S/C24H24N2O2S/c1-3-19-11-7-8-17(2)22(19)25-24(29)26-23(27)20-12-14-21(15-13-20)28-16-18-9-5-4-6-10-18/h4-15H,3,16H2,1-2H3,(H2,25,26,27,29). The third kappa shape index (κ3) is 5.65. The molecule has 0 saturated heterocycles. The Morgan fingerprint density at radius 2 is 1.69 bits per heavy atom. The number of carbonyl (C=O) groups is 1. The number of thiocarbonyl (C=S) groups is 1. The minimum absolute atomic E-state index is 0.260. The van der Waals surface area contributed by atoms with Crippen molar-refractivity contribution in [3.63, 3.8) is 0 Å². The molecule has 0 aromatic heterocycles. The molecule has 4 nitrogen and oxygen atoms in total. The van der Waals surface area contributed by atoms with Crippen LogP contribution in [0.25, 0.3) is 0 Å². The average molecular weight is 405 g/mol. The quantitative estimate of drug-likeness (QED) is 0.550. The van der Waals surface area contributed by atoms with E-state index in [2.05, 4.69) is 17.6 Å². The molecule has 0 atom stereocenters. The fourth-order valence-corrected chi connectivity index (χ4v) is 3.16. The van der Waals surface area contributed by atoms with Crippen LogP contribution in [-0.4, -0.2) is 11.0 Å². The smallest absolute Gasteiger partial charge is 0.257 e. The molecule has 2 N–H and O–H groups in total. The summed E-state index contributed by atoms with van der Waals surface area (Å²) in [6, 6.07) is 23.0. The molecule has 1 amide bonds. The molecule has 0 aliphatic carbocycles. The minimum atomic E-state index is -0.260. The van der Waals surface area contributed by atoms with Crippen molar-refractivity contribution >= 4 is 28.9 Å². The van der Waals surface area contributed by atoms with Crippen molar-refractivity contribution in [1.29, 1.82) is 0 Å². The predicted molar refractivity (Wildman–Crippen MR) is 121 cm³/mol. The number of amides is 1. The maximum atomic E-state index is 12.5. The number of rotatable bonds is 6. The first-order valence-corrected chi connectivity index (χ1v) is 9.95. The molecule has 0 heterocycles. The highest BCUT2D eigenvalue weighted by molar-refractivity contribution is 7.80. The van der Waals surface area contributed by atoms with Crippen molar-refractivity contribution in [2.75, 3.05) is 5.32 Å². The SMILES string of the molecule is CCc1cccc(C)c1NC(=S)NC(=O)c1ccc(OCc2ccccc2)cc1. The van der Waals surface area contributed by atoms with E-state index >= 15 is 0 Å². The first-order chi connectivity index (χ1) is 14.1. The third-order valence-corrected chi connectivity index (χ3v) is 4.77. The molecular weight excluding hydrogens is 380 g/mol. The van der Waals surface area contributed by atoms with Gasteiger partial charge in [-0.15, -0.1) is 0 Å². The molecule has 0 aliphatic heterocycles. The Morgan fingerprint density at radius 3 is 2.38 bits per heavy atom. The normalized spacial score (nSPS) is 10.3. The third-order valence-electron chi connectivity index (χ3n) is 4.57. The van der Waals surface area contributed by atoms with Crippen molar-refractivity contribution in [3.05, 3.63) is 95.1 Å². The zero-order valence-corrected chi connectivity index (χ0v) is 17.4. The van der Waals surface area contributed by atoms with Crippen LogP contribution in [0.5, 0.6) is 5.75 Å². The average Bonchev–Trinajstić information content (AvgIpc) is 2.74. The fourth-order valence-electron chi connectivity index (χ4n) is 2.97. The zero-order valence-electron chi connectivity index (χ0n) is 16.6. The Balaban J connectivity index is 1.57. The number of hydrogen-bond acceptors (Lipinski definition) is 3. The molecule has 0 unspecified atom stereocenters. The van der Waals surface area contributed by atoms with E-state index in [1.807, 2.05) is 55.5 Å². The number of ether oxygens (including phenoxy) is 1. The molecule has 0 aliphatic rings. The maximum absolute atomic E-state index is 12.5. The fraction of sp³-hybridized carbons (Fsp3) is 0.167. The summed E-state index contributed by atoms with van der Waals surface area (Å²) in [7, 11) is 0. The maximum Gasteiger partial charge on any atom is 0.257 e. The Labute approximate surface area is 176 Å². The van der Waals surface area contributed by atoms with Crippen LogP contribution in [0.2, 0.25) is 0 Å². The summed E-state index contributed by atoms with van der Waals surface area (Å²) in [5, 5.41) is 6.18. The van der Waals surface area contributed by atoms with Crippen molar-refractivity contribution in [3.8, 4) is 5.75 Å². The zero-order chi connectivity index (χ0) is 20.6. The van der Waals surface area contributed by atoms with Crippen LogP contribution in [0, 0.1) is 6.92 Å². The van der Waals surface area contributed by atoms with Crippen LogP contribution in [0.4, 0.5) is 5.69 Å². The second kappa shape index (κ2) is 9.85. The lowest BCUT2D eigenvalue weighted by atomic mass is 10.1. The molecule has 3 rings (SSSR count). The summed E-state index contributed by atoms with van der Waals surface area (Å²) >= 11 is 5.33. The highest BCUT2D eigenvalue weighted by Gasteiger charge is 2.11. The summed E-state index contributed by atoms with van der Waals surface area (Å²) < 4.78 is 5.76. The van der Waals surface area contributed by atoms with E-state index in [9.17, 15) is 4.79 Å². The summed E-state index contributed by atoms with van der Waals surface area (Å²) in [5.41, 5.74) is 4.79. The first kappa shape index (κ1) is 20.6. The number of benzene rings is 3. The number of hydrogen-bond donors (Lipinski definition) is 2. The molecule has 3 aromatic rings. The van der Waals surface area contributed by atoms with E-state index in [1.165, 1.54) is 0 Å². The Morgan fingerprint density at radius 1 is 0.966 bits per heavy atom. The summed E-state index contributed by atoms with van der Waals surface area (Å²) in [6.45, 7) is 4.58. The molecule has 0 radical (unpaired) electrons. The van der Waals surface area contributed by atoms with Gasteiger partial charge in [-0.2, -0.15) is 0 Å². The van der Waals surface area contributed by atoms with E-state index in [1.54, 1.807) is 24.3 Å². The molecule has 29 heavy (non-hydrogen) atoms. The second-order valence-electron chi connectivity index (χ2n) is 6.67. The molecule has 0 fully saturated rings.